The summed E-state index contributed by atoms with van der Waals surface area (Å²) in [5.74, 6) is 0.701. The van der Waals surface area contributed by atoms with Crippen LogP contribution in [0.3, 0.4) is 0 Å². The van der Waals surface area contributed by atoms with Crippen molar-refractivity contribution in [2.75, 3.05) is 19.6 Å². The van der Waals surface area contributed by atoms with Crippen molar-refractivity contribution in [3.63, 3.8) is 0 Å². The maximum absolute atomic E-state index is 5.65. The van der Waals surface area contributed by atoms with Gasteiger partial charge in [0.15, 0.2) is 0 Å². The molecule has 0 bridgehead atoms. The zero-order valence-corrected chi connectivity index (χ0v) is 8.39. The van der Waals surface area contributed by atoms with Crippen LogP contribution in [-0.4, -0.2) is 29.5 Å². The van der Waals surface area contributed by atoms with Gasteiger partial charge < -0.3 is 5.73 Å². The molecule has 1 atom stereocenters. The van der Waals surface area contributed by atoms with E-state index in [1.165, 1.54) is 18.5 Å². The smallest absolute Gasteiger partial charge is 0.0312 e. The number of pyridine rings is 1. The van der Waals surface area contributed by atoms with Crippen molar-refractivity contribution in [2.24, 2.45) is 11.7 Å². The van der Waals surface area contributed by atoms with Crippen LogP contribution in [0.15, 0.2) is 24.5 Å². The van der Waals surface area contributed by atoms with Gasteiger partial charge in [-0.2, -0.15) is 0 Å². The standard InChI is InChI=1S/C11H17N3/c12-6-10-3-5-14(8-10)9-11-2-1-4-13-7-11/h1-2,4,7,10H,3,5-6,8-9,12H2/t10-/m1/s1. The van der Waals surface area contributed by atoms with Gasteiger partial charge in [-0.1, -0.05) is 6.07 Å². The molecule has 1 aromatic heterocycles. The van der Waals surface area contributed by atoms with Gasteiger partial charge >= 0.3 is 0 Å². The Hall–Kier alpha value is -0.930. The Morgan fingerprint density at radius 2 is 2.50 bits per heavy atom. The third kappa shape index (κ3) is 2.30. The monoisotopic (exact) mass is 191 g/mol. The lowest BCUT2D eigenvalue weighted by Crippen LogP contribution is -2.22. The fraction of sp³-hybridized carbons (Fsp3) is 0.545. The summed E-state index contributed by atoms with van der Waals surface area (Å²) in [6, 6.07) is 4.12. The van der Waals surface area contributed by atoms with Crippen LogP contribution in [0.4, 0.5) is 0 Å². The molecule has 3 nitrogen and oxygen atoms in total. The molecule has 1 aromatic rings. The molecule has 0 amide bonds. The van der Waals surface area contributed by atoms with Crippen molar-refractivity contribution in [1.82, 2.24) is 9.88 Å². The molecule has 0 aromatic carbocycles. The quantitative estimate of drug-likeness (QED) is 0.770. The Morgan fingerprint density at radius 1 is 1.57 bits per heavy atom. The average Bonchev–Trinajstić information content (AvgIpc) is 2.67. The molecule has 0 saturated carbocycles. The minimum Gasteiger partial charge on any atom is -0.330 e. The molecule has 2 heterocycles. The summed E-state index contributed by atoms with van der Waals surface area (Å²) in [6.45, 7) is 4.16. The molecule has 76 valence electrons. The van der Waals surface area contributed by atoms with Crippen molar-refractivity contribution in [1.29, 1.82) is 0 Å². The third-order valence-electron chi connectivity index (χ3n) is 2.83. The van der Waals surface area contributed by atoms with E-state index in [1.807, 2.05) is 18.5 Å². The van der Waals surface area contributed by atoms with Crippen LogP contribution in [0.2, 0.25) is 0 Å². The van der Waals surface area contributed by atoms with E-state index in [-0.39, 0.29) is 0 Å². The van der Waals surface area contributed by atoms with Gasteiger partial charge in [0.2, 0.25) is 0 Å². The first-order valence-corrected chi connectivity index (χ1v) is 5.20. The van der Waals surface area contributed by atoms with Crippen molar-refractivity contribution >= 4 is 0 Å². The Morgan fingerprint density at radius 3 is 3.14 bits per heavy atom. The number of hydrogen-bond donors (Lipinski definition) is 1. The first kappa shape index (κ1) is 9.62. The van der Waals surface area contributed by atoms with E-state index in [1.54, 1.807) is 0 Å². The van der Waals surface area contributed by atoms with E-state index in [2.05, 4.69) is 16.0 Å². The predicted octanol–water partition coefficient (Wildman–Crippen LogP) is 0.862. The second-order valence-electron chi connectivity index (χ2n) is 3.99. The van der Waals surface area contributed by atoms with E-state index in [0.29, 0.717) is 5.92 Å². The summed E-state index contributed by atoms with van der Waals surface area (Å²) in [5.41, 5.74) is 6.95. The van der Waals surface area contributed by atoms with Crippen LogP contribution in [0.1, 0.15) is 12.0 Å². The number of nitrogens with two attached hydrogens (primary N) is 1. The summed E-state index contributed by atoms with van der Waals surface area (Å²) >= 11 is 0. The van der Waals surface area contributed by atoms with Crippen molar-refractivity contribution in [2.45, 2.75) is 13.0 Å². The highest BCUT2D eigenvalue weighted by Crippen LogP contribution is 2.16. The fourth-order valence-electron chi connectivity index (χ4n) is 2.00. The summed E-state index contributed by atoms with van der Waals surface area (Å²) in [4.78, 5) is 6.57. The Labute approximate surface area is 84.9 Å². The highest BCUT2D eigenvalue weighted by atomic mass is 15.1. The maximum Gasteiger partial charge on any atom is 0.0312 e. The Kier molecular flexibility index (Phi) is 3.11. The van der Waals surface area contributed by atoms with Gasteiger partial charge in [0.05, 0.1) is 0 Å². The van der Waals surface area contributed by atoms with E-state index in [9.17, 15) is 0 Å². The highest BCUT2D eigenvalue weighted by Gasteiger charge is 2.20. The normalized spacial score (nSPS) is 22.8. The van der Waals surface area contributed by atoms with Crippen LogP contribution in [0.5, 0.6) is 0 Å². The van der Waals surface area contributed by atoms with E-state index in [0.717, 1.165) is 19.6 Å². The minimum absolute atomic E-state index is 0.701. The average molecular weight is 191 g/mol. The lowest BCUT2D eigenvalue weighted by Gasteiger charge is -2.15. The van der Waals surface area contributed by atoms with Crippen LogP contribution in [-0.2, 0) is 6.54 Å². The first-order chi connectivity index (χ1) is 6.88. The summed E-state index contributed by atoms with van der Waals surface area (Å²) in [7, 11) is 0. The molecule has 0 radical (unpaired) electrons. The number of likely N-dealkylation sites (tertiary alicyclic amines) is 1. The second-order valence-corrected chi connectivity index (χ2v) is 3.99. The van der Waals surface area contributed by atoms with Crippen molar-refractivity contribution in [3.05, 3.63) is 30.1 Å². The van der Waals surface area contributed by atoms with Gasteiger partial charge in [0, 0.05) is 25.5 Å². The Bertz CT molecular complexity index is 273. The molecule has 2 N–H and O–H groups in total. The van der Waals surface area contributed by atoms with E-state index >= 15 is 0 Å². The first-order valence-electron chi connectivity index (χ1n) is 5.20. The van der Waals surface area contributed by atoms with Crippen molar-refractivity contribution in [3.8, 4) is 0 Å². The predicted molar refractivity (Wildman–Crippen MR) is 56.7 cm³/mol. The number of rotatable bonds is 3. The summed E-state index contributed by atoms with van der Waals surface area (Å²) in [6.07, 6.45) is 5.00. The highest BCUT2D eigenvalue weighted by molar-refractivity contribution is 5.08. The number of aromatic nitrogens is 1. The van der Waals surface area contributed by atoms with Gasteiger partial charge in [-0.3, -0.25) is 9.88 Å². The molecule has 1 fully saturated rings. The molecule has 0 unspecified atom stereocenters. The van der Waals surface area contributed by atoms with Gasteiger partial charge in [0.25, 0.3) is 0 Å². The lowest BCUT2D eigenvalue weighted by atomic mass is 10.1. The molecular formula is C11H17N3. The third-order valence-corrected chi connectivity index (χ3v) is 2.83. The van der Waals surface area contributed by atoms with Crippen LogP contribution >= 0.6 is 0 Å². The molecule has 14 heavy (non-hydrogen) atoms. The van der Waals surface area contributed by atoms with Gasteiger partial charge in [-0.05, 0) is 37.1 Å². The van der Waals surface area contributed by atoms with E-state index < -0.39 is 0 Å². The summed E-state index contributed by atoms with van der Waals surface area (Å²) < 4.78 is 0. The van der Waals surface area contributed by atoms with Gasteiger partial charge in [-0.15, -0.1) is 0 Å². The molecule has 0 spiro atoms. The number of hydrogen-bond acceptors (Lipinski definition) is 3. The zero-order valence-electron chi connectivity index (χ0n) is 8.39. The molecule has 3 heteroatoms. The fourth-order valence-corrected chi connectivity index (χ4v) is 2.00. The molecule has 1 aliphatic heterocycles. The molecule has 1 saturated heterocycles. The molecule has 1 aliphatic rings. The largest absolute Gasteiger partial charge is 0.330 e. The zero-order chi connectivity index (χ0) is 9.80. The minimum atomic E-state index is 0.701. The lowest BCUT2D eigenvalue weighted by molar-refractivity contribution is 0.317. The second kappa shape index (κ2) is 4.53. The van der Waals surface area contributed by atoms with Crippen LogP contribution in [0.25, 0.3) is 0 Å². The van der Waals surface area contributed by atoms with Crippen LogP contribution < -0.4 is 5.73 Å². The van der Waals surface area contributed by atoms with Crippen LogP contribution in [0, 0.1) is 5.92 Å². The van der Waals surface area contributed by atoms with Gasteiger partial charge in [-0.25, -0.2) is 0 Å². The molecular weight excluding hydrogens is 174 g/mol. The topological polar surface area (TPSA) is 42.1 Å². The van der Waals surface area contributed by atoms with E-state index in [4.69, 9.17) is 5.73 Å². The van der Waals surface area contributed by atoms with Gasteiger partial charge in [0.1, 0.15) is 0 Å². The molecule has 2 rings (SSSR count). The maximum atomic E-state index is 5.65. The summed E-state index contributed by atoms with van der Waals surface area (Å²) in [5, 5.41) is 0. The SMILES string of the molecule is NC[C@H]1CCN(Cc2cccnc2)C1. The van der Waals surface area contributed by atoms with Crippen molar-refractivity contribution < 1.29 is 0 Å². The Balaban J connectivity index is 1.88. The number of nitrogens with zero attached hydrogens (tertiary/aromatic N) is 2. The molecule has 0 aliphatic carbocycles.